The Kier molecular flexibility index (Phi) is 8.20. The number of nitriles is 1. The van der Waals surface area contributed by atoms with E-state index in [0.29, 0.717) is 27.6 Å². The first-order chi connectivity index (χ1) is 18.4. The van der Waals surface area contributed by atoms with Gasteiger partial charge in [-0.3, -0.25) is 19.7 Å². The van der Waals surface area contributed by atoms with Crippen LogP contribution in [0.4, 0.5) is 17.1 Å². The molecule has 3 N–H and O–H groups in total. The number of benzene rings is 3. The van der Waals surface area contributed by atoms with E-state index in [1.807, 2.05) is 48.5 Å². The predicted octanol–water partition coefficient (Wildman–Crippen LogP) is 5.30. The summed E-state index contributed by atoms with van der Waals surface area (Å²) in [7, 11) is 0. The van der Waals surface area contributed by atoms with E-state index in [1.165, 1.54) is 18.2 Å². The lowest BCUT2D eigenvalue weighted by Gasteiger charge is -2.29. The molecule has 0 fully saturated rings. The molecule has 0 aromatic heterocycles. The number of nitrogens with zero attached hydrogens (tertiary/aromatic N) is 2. The number of nitrogens with one attached hydrogen (secondary N) is 3. The number of nitro groups is 1. The number of nitro benzene ring substituents is 1. The number of amides is 2. The highest BCUT2D eigenvalue weighted by molar-refractivity contribution is 8.03. The zero-order chi connectivity index (χ0) is 27.1. The van der Waals surface area contributed by atoms with Gasteiger partial charge in [0.05, 0.1) is 33.3 Å². The second-order valence-corrected chi connectivity index (χ2v) is 9.28. The maximum Gasteiger partial charge on any atom is 0.292 e. The molecule has 2 amide bonds. The second-order valence-electron chi connectivity index (χ2n) is 8.29. The van der Waals surface area contributed by atoms with Crippen LogP contribution in [0.2, 0.25) is 0 Å². The van der Waals surface area contributed by atoms with Gasteiger partial charge in [-0.2, -0.15) is 5.26 Å². The summed E-state index contributed by atoms with van der Waals surface area (Å²) >= 11 is 1.09. The summed E-state index contributed by atoms with van der Waals surface area (Å²) in [6.07, 6.45) is 0. The van der Waals surface area contributed by atoms with Crippen LogP contribution in [-0.2, 0) is 9.59 Å². The SMILES string of the molecule is CC1=C(C(=O)Nc2ccccc2)C(c2ccccc2)C(C#N)=C(SCC(=O)Nc2ccccc2[N+](=O)[O-])N1. The summed E-state index contributed by atoms with van der Waals surface area (Å²) in [4.78, 5) is 36.8. The number of hydrogen-bond acceptors (Lipinski definition) is 7. The average Bonchev–Trinajstić information content (AvgIpc) is 2.92. The number of hydrogen-bond donors (Lipinski definition) is 3. The van der Waals surface area contributed by atoms with Gasteiger partial charge in [0, 0.05) is 23.0 Å². The van der Waals surface area contributed by atoms with E-state index in [1.54, 1.807) is 25.1 Å². The Hall–Kier alpha value is -4.88. The maximum absolute atomic E-state index is 13.4. The molecule has 0 spiro atoms. The van der Waals surface area contributed by atoms with Crippen LogP contribution in [0.15, 0.2) is 107 Å². The minimum atomic E-state index is -0.660. The number of rotatable bonds is 8. The van der Waals surface area contributed by atoms with E-state index in [9.17, 15) is 25.0 Å². The van der Waals surface area contributed by atoms with Gasteiger partial charge in [-0.1, -0.05) is 72.4 Å². The van der Waals surface area contributed by atoms with Crippen LogP contribution in [0.5, 0.6) is 0 Å². The molecule has 0 saturated carbocycles. The number of carbonyl (C=O) groups is 2. The highest BCUT2D eigenvalue weighted by Crippen LogP contribution is 2.41. The number of dihydropyridines is 1. The fourth-order valence-electron chi connectivity index (χ4n) is 4.09. The van der Waals surface area contributed by atoms with Gasteiger partial charge in [0.1, 0.15) is 5.69 Å². The molecule has 0 bridgehead atoms. The smallest absolute Gasteiger partial charge is 0.292 e. The van der Waals surface area contributed by atoms with E-state index in [0.717, 1.165) is 17.3 Å². The van der Waals surface area contributed by atoms with Gasteiger partial charge < -0.3 is 16.0 Å². The lowest BCUT2D eigenvalue weighted by molar-refractivity contribution is -0.383. The van der Waals surface area contributed by atoms with E-state index in [4.69, 9.17) is 0 Å². The van der Waals surface area contributed by atoms with Gasteiger partial charge in [0.15, 0.2) is 0 Å². The van der Waals surface area contributed by atoms with E-state index >= 15 is 0 Å². The molecule has 4 rings (SSSR count). The Labute approximate surface area is 223 Å². The molecular formula is C28H23N5O4S. The lowest BCUT2D eigenvalue weighted by Crippen LogP contribution is -2.31. The molecule has 190 valence electrons. The number of para-hydroxylation sites is 3. The van der Waals surface area contributed by atoms with Crippen molar-refractivity contribution in [3.8, 4) is 6.07 Å². The second kappa shape index (κ2) is 11.9. The molecule has 0 saturated heterocycles. The van der Waals surface area contributed by atoms with Crippen molar-refractivity contribution in [1.29, 1.82) is 5.26 Å². The van der Waals surface area contributed by atoms with Crippen molar-refractivity contribution in [2.75, 3.05) is 16.4 Å². The third-order valence-electron chi connectivity index (χ3n) is 5.78. The number of thioether (sulfide) groups is 1. The number of anilines is 2. The normalized spacial score (nSPS) is 14.8. The Balaban J connectivity index is 1.60. The Morgan fingerprint density at radius 1 is 1.00 bits per heavy atom. The highest BCUT2D eigenvalue weighted by atomic mass is 32.2. The lowest BCUT2D eigenvalue weighted by atomic mass is 9.82. The zero-order valence-electron chi connectivity index (χ0n) is 20.3. The fourth-order valence-corrected chi connectivity index (χ4v) is 4.98. The van der Waals surface area contributed by atoms with Crippen LogP contribution in [0.1, 0.15) is 18.4 Å². The minimum absolute atomic E-state index is 0.0901. The summed E-state index contributed by atoms with van der Waals surface area (Å²) in [6.45, 7) is 1.75. The van der Waals surface area contributed by atoms with Gasteiger partial charge in [-0.05, 0) is 30.7 Å². The van der Waals surface area contributed by atoms with Crippen LogP contribution in [-0.4, -0.2) is 22.5 Å². The molecule has 1 heterocycles. The monoisotopic (exact) mass is 525 g/mol. The van der Waals surface area contributed by atoms with Crippen LogP contribution < -0.4 is 16.0 Å². The van der Waals surface area contributed by atoms with Crippen molar-refractivity contribution in [2.24, 2.45) is 0 Å². The van der Waals surface area contributed by atoms with Crippen molar-refractivity contribution < 1.29 is 14.5 Å². The van der Waals surface area contributed by atoms with E-state index in [-0.39, 0.29) is 23.0 Å². The summed E-state index contributed by atoms with van der Waals surface area (Å²) in [5, 5.41) is 30.5. The summed E-state index contributed by atoms with van der Waals surface area (Å²) < 4.78 is 0. The molecule has 38 heavy (non-hydrogen) atoms. The number of allylic oxidation sites excluding steroid dienone is 2. The molecule has 0 radical (unpaired) electrons. The Morgan fingerprint density at radius 3 is 2.29 bits per heavy atom. The van der Waals surface area contributed by atoms with Crippen molar-refractivity contribution >= 4 is 40.6 Å². The first kappa shape index (κ1) is 26.2. The largest absolute Gasteiger partial charge is 0.353 e. The average molecular weight is 526 g/mol. The first-order valence-electron chi connectivity index (χ1n) is 11.6. The van der Waals surface area contributed by atoms with Crippen molar-refractivity contribution in [3.63, 3.8) is 0 Å². The van der Waals surface area contributed by atoms with Gasteiger partial charge >= 0.3 is 0 Å². The molecular weight excluding hydrogens is 502 g/mol. The van der Waals surface area contributed by atoms with Gasteiger partial charge in [0.25, 0.3) is 11.6 Å². The zero-order valence-corrected chi connectivity index (χ0v) is 21.1. The summed E-state index contributed by atoms with van der Waals surface area (Å²) in [5.41, 5.74) is 2.49. The minimum Gasteiger partial charge on any atom is -0.353 e. The molecule has 3 aromatic rings. The molecule has 1 atom stereocenters. The molecule has 1 aliphatic heterocycles. The molecule has 10 heteroatoms. The van der Waals surface area contributed by atoms with Crippen LogP contribution in [0.25, 0.3) is 0 Å². The van der Waals surface area contributed by atoms with Crippen molar-refractivity contribution in [2.45, 2.75) is 12.8 Å². The summed E-state index contributed by atoms with van der Waals surface area (Å²) in [6, 6.07) is 26.3. The first-order valence-corrected chi connectivity index (χ1v) is 12.6. The third-order valence-corrected chi connectivity index (χ3v) is 6.80. The summed E-state index contributed by atoms with van der Waals surface area (Å²) in [5.74, 6) is -1.59. The number of carbonyl (C=O) groups excluding carboxylic acids is 2. The third kappa shape index (κ3) is 5.91. The standard InChI is InChI=1S/C28H23N5O4S/c1-18-25(27(35)31-20-12-6-3-7-13-20)26(19-10-4-2-5-11-19)21(16-29)28(30-18)38-17-24(34)32-22-14-8-9-15-23(22)33(36)37/h2-15,26,30H,17H2,1H3,(H,31,35)(H,32,34). The van der Waals surface area contributed by atoms with Gasteiger partial charge in [-0.15, -0.1) is 0 Å². The van der Waals surface area contributed by atoms with Crippen molar-refractivity contribution in [3.05, 3.63) is 122 Å². The molecule has 0 aliphatic carbocycles. The van der Waals surface area contributed by atoms with E-state index in [2.05, 4.69) is 22.0 Å². The van der Waals surface area contributed by atoms with E-state index < -0.39 is 16.7 Å². The predicted molar refractivity (Wildman–Crippen MR) is 147 cm³/mol. The molecule has 3 aromatic carbocycles. The Morgan fingerprint density at radius 2 is 1.63 bits per heavy atom. The van der Waals surface area contributed by atoms with Crippen molar-refractivity contribution in [1.82, 2.24) is 5.32 Å². The molecule has 9 nitrogen and oxygen atoms in total. The quantitative estimate of drug-likeness (QED) is 0.268. The fraction of sp³-hybridized carbons (Fsp3) is 0.107. The van der Waals surface area contributed by atoms with Crippen LogP contribution >= 0.6 is 11.8 Å². The Bertz CT molecular complexity index is 1480. The molecule has 1 unspecified atom stereocenters. The maximum atomic E-state index is 13.4. The van der Waals surface area contributed by atoms with Gasteiger partial charge in [-0.25, -0.2) is 0 Å². The van der Waals surface area contributed by atoms with Crippen LogP contribution in [0.3, 0.4) is 0 Å². The highest BCUT2D eigenvalue weighted by Gasteiger charge is 2.34. The topological polar surface area (TPSA) is 137 Å². The molecule has 1 aliphatic rings. The van der Waals surface area contributed by atoms with Crippen LogP contribution in [0, 0.1) is 21.4 Å². The van der Waals surface area contributed by atoms with Gasteiger partial charge in [0.2, 0.25) is 5.91 Å².